The van der Waals surface area contributed by atoms with Crippen molar-refractivity contribution in [1.29, 1.82) is 5.26 Å². The lowest BCUT2D eigenvalue weighted by Crippen LogP contribution is -2.17. The molecule has 0 atom stereocenters. The fourth-order valence-corrected chi connectivity index (χ4v) is 1.70. The summed E-state index contributed by atoms with van der Waals surface area (Å²) in [5.74, 6) is 0.0716. The van der Waals surface area contributed by atoms with Gasteiger partial charge in [0, 0.05) is 0 Å². The molecule has 0 aliphatic rings. The minimum Gasteiger partial charge on any atom is -0.493 e. The molecule has 0 amide bonds. The molecule has 1 aromatic carbocycles. The van der Waals surface area contributed by atoms with Gasteiger partial charge in [-0.3, -0.25) is 0 Å². The quantitative estimate of drug-likeness (QED) is 0.774. The van der Waals surface area contributed by atoms with Crippen LogP contribution in [0, 0.1) is 16.7 Å². The third kappa shape index (κ3) is 5.70. The molecule has 0 aliphatic heterocycles. The van der Waals surface area contributed by atoms with Crippen molar-refractivity contribution in [2.24, 2.45) is 5.41 Å². The minimum absolute atomic E-state index is 0.145. The standard InChI is InChI=1S/C13H13BrF3NO2/c1-12(2,8-18)5-6-19-9-3-4-11(10(14)7-9)20-13(15,16)17/h3-4,7H,5-6H2,1-2H3. The molecular formula is C13H13BrF3NO2. The van der Waals surface area contributed by atoms with E-state index in [1.807, 2.05) is 0 Å². The van der Waals surface area contributed by atoms with E-state index in [-0.39, 0.29) is 10.2 Å². The zero-order valence-electron chi connectivity index (χ0n) is 10.9. The average Bonchev–Trinajstić information content (AvgIpc) is 2.31. The maximum atomic E-state index is 12.1. The van der Waals surface area contributed by atoms with Crippen molar-refractivity contribution >= 4 is 15.9 Å². The van der Waals surface area contributed by atoms with Gasteiger partial charge >= 0.3 is 6.36 Å². The fraction of sp³-hybridized carbons (Fsp3) is 0.462. The Kier molecular flexibility index (Phi) is 5.28. The smallest absolute Gasteiger partial charge is 0.493 e. The summed E-state index contributed by atoms with van der Waals surface area (Å²) in [7, 11) is 0. The third-order valence-corrected chi connectivity index (χ3v) is 3.05. The number of alkyl halides is 3. The minimum atomic E-state index is -4.73. The van der Waals surface area contributed by atoms with E-state index >= 15 is 0 Å². The van der Waals surface area contributed by atoms with Crippen molar-refractivity contribution in [3.8, 4) is 17.6 Å². The van der Waals surface area contributed by atoms with Gasteiger partial charge in [0.05, 0.1) is 22.6 Å². The molecule has 20 heavy (non-hydrogen) atoms. The molecule has 0 heterocycles. The Morgan fingerprint density at radius 2 is 1.95 bits per heavy atom. The Morgan fingerprint density at radius 1 is 1.30 bits per heavy atom. The van der Waals surface area contributed by atoms with Gasteiger partial charge < -0.3 is 9.47 Å². The van der Waals surface area contributed by atoms with Crippen molar-refractivity contribution < 1.29 is 22.6 Å². The van der Waals surface area contributed by atoms with Crippen molar-refractivity contribution in [1.82, 2.24) is 0 Å². The van der Waals surface area contributed by atoms with Crippen LogP contribution < -0.4 is 9.47 Å². The second-order valence-electron chi connectivity index (χ2n) is 4.73. The van der Waals surface area contributed by atoms with Gasteiger partial charge in [0.15, 0.2) is 0 Å². The van der Waals surface area contributed by atoms with E-state index in [9.17, 15) is 13.2 Å². The summed E-state index contributed by atoms with van der Waals surface area (Å²) in [6.07, 6.45) is -4.22. The van der Waals surface area contributed by atoms with Crippen molar-refractivity contribution in [2.45, 2.75) is 26.6 Å². The van der Waals surface area contributed by atoms with Gasteiger partial charge in [-0.15, -0.1) is 13.2 Å². The fourth-order valence-electron chi connectivity index (χ4n) is 1.26. The second kappa shape index (κ2) is 6.35. The number of rotatable bonds is 5. The number of ether oxygens (including phenoxy) is 2. The lowest BCUT2D eigenvalue weighted by molar-refractivity contribution is -0.274. The largest absolute Gasteiger partial charge is 0.573 e. The zero-order chi connectivity index (χ0) is 15.4. The van der Waals surface area contributed by atoms with E-state index in [1.165, 1.54) is 18.2 Å². The molecule has 0 saturated heterocycles. The van der Waals surface area contributed by atoms with Crippen molar-refractivity contribution in [3.63, 3.8) is 0 Å². The first-order chi connectivity index (χ1) is 9.13. The Bertz CT molecular complexity index is 509. The summed E-state index contributed by atoms with van der Waals surface area (Å²) in [5.41, 5.74) is -0.503. The molecule has 7 heteroatoms. The summed E-state index contributed by atoms with van der Waals surface area (Å²) in [6, 6.07) is 6.08. The Morgan fingerprint density at radius 3 is 2.45 bits per heavy atom. The van der Waals surface area contributed by atoms with E-state index in [2.05, 4.69) is 26.7 Å². The summed E-state index contributed by atoms with van der Waals surface area (Å²) in [5, 5.41) is 8.84. The maximum absolute atomic E-state index is 12.1. The highest BCUT2D eigenvalue weighted by molar-refractivity contribution is 9.10. The summed E-state index contributed by atoms with van der Waals surface area (Å²) in [6.45, 7) is 3.87. The van der Waals surface area contributed by atoms with Crippen LogP contribution in [0.15, 0.2) is 22.7 Å². The molecule has 0 N–H and O–H groups in total. The molecule has 1 aromatic rings. The second-order valence-corrected chi connectivity index (χ2v) is 5.59. The van der Waals surface area contributed by atoms with E-state index < -0.39 is 11.8 Å². The van der Waals surface area contributed by atoms with Crippen LogP contribution in [0.25, 0.3) is 0 Å². The Labute approximate surface area is 123 Å². The number of hydrogen-bond donors (Lipinski definition) is 0. The van der Waals surface area contributed by atoms with Crippen LogP contribution in [0.3, 0.4) is 0 Å². The molecule has 0 saturated carbocycles. The van der Waals surface area contributed by atoms with E-state index in [0.29, 0.717) is 18.8 Å². The monoisotopic (exact) mass is 351 g/mol. The maximum Gasteiger partial charge on any atom is 0.573 e. The summed E-state index contributed by atoms with van der Waals surface area (Å²) < 4.78 is 45.6. The number of hydrogen-bond acceptors (Lipinski definition) is 3. The van der Waals surface area contributed by atoms with Crippen LogP contribution in [-0.4, -0.2) is 13.0 Å². The molecule has 1 rings (SSSR count). The lowest BCUT2D eigenvalue weighted by atomic mass is 9.92. The van der Waals surface area contributed by atoms with Gasteiger partial charge in [-0.05, 0) is 54.4 Å². The molecule has 110 valence electrons. The highest BCUT2D eigenvalue weighted by atomic mass is 79.9. The summed E-state index contributed by atoms with van der Waals surface area (Å²) >= 11 is 2.99. The van der Waals surface area contributed by atoms with Crippen LogP contribution in [0.1, 0.15) is 20.3 Å². The van der Waals surface area contributed by atoms with Crippen molar-refractivity contribution in [3.05, 3.63) is 22.7 Å². The Hall–Kier alpha value is -1.42. The van der Waals surface area contributed by atoms with Crippen LogP contribution >= 0.6 is 15.9 Å². The topological polar surface area (TPSA) is 42.2 Å². The first kappa shape index (κ1) is 16.6. The van der Waals surface area contributed by atoms with E-state index in [0.717, 1.165) is 0 Å². The van der Waals surface area contributed by atoms with Crippen LogP contribution in [-0.2, 0) is 0 Å². The summed E-state index contributed by atoms with van der Waals surface area (Å²) in [4.78, 5) is 0. The van der Waals surface area contributed by atoms with E-state index in [4.69, 9.17) is 10.00 Å². The normalized spacial score (nSPS) is 11.8. The molecule has 0 aliphatic carbocycles. The third-order valence-electron chi connectivity index (χ3n) is 2.43. The number of benzene rings is 1. The van der Waals surface area contributed by atoms with Gasteiger partial charge in [-0.25, -0.2) is 0 Å². The predicted octanol–water partition coefficient (Wildman–Crippen LogP) is 4.67. The first-order valence-corrected chi connectivity index (χ1v) is 6.52. The zero-order valence-corrected chi connectivity index (χ0v) is 12.5. The van der Waals surface area contributed by atoms with Gasteiger partial charge in [-0.2, -0.15) is 5.26 Å². The average molecular weight is 352 g/mol. The first-order valence-electron chi connectivity index (χ1n) is 5.72. The number of halogens is 4. The molecule has 3 nitrogen and oxygen atoms in total. The van der Waals surface area contributed by atoms with E-state index in [1.54, 1.807) is 13.8 Å². The molecule has 0 bridgehead atoms. The Balaban J connectivity index is 2.63. The molecular weight excluding hydrogens is 339 g/mol. The van der Waals surface area contributed by atoms with Gasteiger partial charge in [-0.1, -0.05) is 0 Å². The number of nitriles is 1. The lowest BCUT2D eigenvalue weighted by Gasteiger charge is -2.16. The highest BCUT2D eigenvalue weighted by Gasteiger charge is 2.32. The number of nitrogens with zero attached hydrogens (tertiary/aromatic N) is 1. The highest BCUT2D eigenvalue weighted by Crippen LogP contribution is 2.33. The molecule has 0 aromatic heterocycles. The van der Waals surface area contributed by atoms with Crippen LogP contribution in [0.5, 0.6) is 11.5 Å². The molecule has 0 spiro atoms. The van der Waals surface area contributed by atoms with Gasteiger partial charge in [0.1, 0.15) is 11.5 Å². The molecule has 0 unspecified atom stereocenters. The van der Waals surface area contributed by atoms with Crippen LogP contribution in [0.4, 0.5) is 13.2 Å². The van der Waals surface area contributed by atoms with Crippen LogP contribution in [0.2, 0.25) is 0 Å². The van der Waals surface area contributed by atoms with Gasteiger partial charge in [0.25, 0.3) is 0 Å². The van der Waals surface area contributed by atoms with Gasteiger partial charge in [0.2, 0.25) is 0 Å². The van der Waals surface area contributed by atoms with Crippen molar-refractivity contribution in [2.75, 3.05) is 6.61 Å². The molecule has 0 fully saturated rings. The SMILES string of the molecule is CC(C)(C#N)CCOc1ccc(OC(F)(F)F)c(Br)c1. The molecule has 0 radical (unpaired) electrons. The predicted molar refractivity (Wildman–Crippen MR) is 70.3 cm³/mol.